The van der Waals surface area contributed by atoms with Crippen molar-refractivity contribution in [3.63, 3.8) is 0 Å². The van der Waals surface area contributed by atoms with Crippen molar-refractivity contribution in [1.29, 1.82) is 0 Å². The van der Waals surface area contributed by atoms with Gasteiger partial charge in [0.25, 0.3) is 0 Å². The summed E-state index contributed by atoms with van der Waals surface area (Å²) >= 11 is 0. The van der Waals surface area contributed by atoms with E-state index >= 15 is 0 Å². The van der Waals surface area contributed by atoms with Gasteiger partial charge in [0.1, 0.15) is 22.3 Å². The molecule has 6 rings (SSSR count). The van der Waals surface area contributed by atoms with Crippen LogP contribution < -0.4 is 0 Å². The highest BCUT2D eigenvalue weighted by molar-refractivity contribution is 6.12. The van der Waals surface area contributed by atoms with E-state index in [2.05, 4.69) is 74.5 Å². The summed E-state index contributed by atoms with van der Waals surface area (Å²) in [5.41, 5.74) is 8.40. The van der Waals surface area contributed by atoms with Gasteiger partial charge in [-0.3, -0.25) is 0 Å². The normalized spacial score (nSPS) is 11.9. The van der Waals surface area contributed by atoms with E-state index in [4.69, 9.17) is 8.83 Å². The van der Waals surface area contributed by atoms with E-state index in [-0.39, 0.29) is 0 Å². The Labute approximate surface area is 162 Å². The zero-order valence-corrected chi connectivity index (χ0v) is 15.7. The Morgan fingerprint density at radius 1 is 0.571 bits per heavy atom. The second-order valence-electron chi connectivity index (χ2n) is 7.50. The highest BCUT2D eigenvalue weighted by Gasteiger charge is 2.15. The quantitative estimate of drug-likeness (QED) is 0.299. The van der Waals surface area contributed by atoms with Gasteiger partial charge < -0.3 is 8.83 Å². The summed E-state index contributed by atoms with van der Waals surface area (Å²) in [6.45, 7) is 4.23. The summed E-state index contributed by atoms with van der Waals surface area (Å²) in [5, 5.41) is 4.66. The molecule has 0 bridgehead atoms. The van der Waals surface area contributed by atoms with Crippen LogP contribution in [0.3, 0.4) is 0 Å². The molecule has 0 atom stereocenters. The summed E-state index contributed by atoms with van der Waals surface area (Å²) in [6.07, 6.45) is 0. The molecule has 0 spiro atoms. The van der Waals surface area contributed by atoms with Crippen molar-refractivity contribution in [3.8, 4) is 11.1 Å². The third-order valence-electron chi connectivity index (χ3n) is 5.74. The molecule has 0 fully saturated rings. The van der Waals surface area contributed by atoms with Gasteiger partial charge >= 0.3 is 0 Å². The Morgan fingerprint density at radius 3 is 2.21 bits per heavy atom. The molecule has 0 radical (unpaired) electrons. The standard InChI is InChI=1S/C26H18O2/c1-15-6-4-11-23-24(15)21-14-17(12-13-22(21)27-23)18-8-5-10-20-19-9-3-7-16(2)25(19)28-26(18)20/h3-14H,1-2H3. The fourth-order valence-electron chi connectivity index (χ4n) is 4.36. The molecule has 0 unspecified atom stereocenters. The van der Waals surface area contributed by atoms with Crippen molar-refractivity contribution in [2.45, 2.75) is 13.8 Å². The molecule has 2 aromatic heterocycles. The van der Waals surface area contributed by atoms with E-state index in [1.807, 2.05) is 12.1 Å². The summed E-state index contributed by atoms with van der Waals surface area (Å²) < 4.78 is 12.4. The average molecular weight is 362 g/mol. The molecule has 0 aliphatic carbocycles. The van der Waals surface area contributed by atoms with Crippen LogP contribution >= 0.6 is 0 Å². The van der Waals surface area contributed by atoms with Gasteiger partial charge in [-0.2, -0.15) is 0 Å². The number of aryl methyl sites for hydroxylation is 2. The van der Waals surface area contributed by atoms with Crippen LogP contribution in [0.15, 0.2) is 81.6 Å². The number of furan rings is 2. The molecule has 0 saturated carbocycles. The van der Waals surface area contributed by atoms with Crippen LogP contribution in [0, 0.1) is 13.8 Å². The molecule has 4 aromatic carbocycles. The summed E-state index contributed by atoms with van der Waals surface area (Å²) in [6, 6.07) is 25.3. The van der Waals surface area contributed by atoms with Crippen molar-refractivity contribution in [2.24, 2.45) is 0 Å². The van der Waals surface area contributed by atoms with Crippen LogP contribution in [0.1, 0.15) is 11.1 Å². The van der Waals surface area contributed by atoms with Crippen molar-refractivity contribution in [3.05, 3.63) is 83.9 Å². The molecule has 0 saturated heterocycles. The zero-order valence-electron chi connectivity index (χ0n) is 15.7. The Kier molecular flexibility index (Phi) is 3.05. The number of fused-ring (bicyclic) bond motifs is 6. The van der Waals surface area contributed by atoms with E-state index in [9.17, 15) is 0 Å². The molecule has 0 aliphatic rings. The van der Waals surface area contributed by atoms with Crippen molar-refractivity contribution >= 4 is 43.9 Å². The van der Waals surface area contributed by atoms with Crippen LogP contribution in [0.4, 0.5) is 0 Å². The van der Waals surface area contributed by atoms with E-state index in [0.717, 1.165) is 49.8 Å². The van der Waals surface area contributed by atoms with Gasteiger partial charge in [-0.05, 0) is 48.7 Å². The number of hydrogen-bond donors (Lipinski definition) is 0. The first kappa shape index (κ1) is 15.5. The minimum Gasteiger partial charge on any atom is -0.456 e. The second kappa shape index (κ2) is 5.49. The Bertz CT molecular complexity index is 1530. The lowest BCUT2D eigenvalue weighted by Crippen LogP contribution is -1.80. The van der Waals surface area contributed by atoms with Crippen LogP contribution in [-0.4, -0.2) is 0 Å². The van der Waals surface area contributed by atoms with Gasteiger partial charge in [0, 0.05) is 27.1 Å². The molecule has 2 nitrogen and oxygen atoms in total. The maximum atomic E-state index is 6.35. The lowest BCUT2D eigenvalue weighted by Gasteiger charge is -2.03. The van der Waals surface area contributed by atoms with Crippen LogP contribution in [-0.2, 0) is 0 Å². The number of hydrogen-bond acceptors (Lipinski definition) is 2. The Morgan fingerprint density at radius 2 is 1.32 bits per heavy atom. The van der Waals surface area contributed by atoms with Gasteiger partial charge in [0.15, 0.2) is 0 Å². The van der Waals surface area contributed by atoms with Crippen molar-refractivity contribution < 1.29 is 8.83 Å². The molecule has 0 aliphatic heterocycles. The maximum Gasteiger partial charge on any atom is 0.143 e. The van der Waals surface area contributed by atoms with Crippen LogP contribution in [0.5, 0.6) is 0 Å². The SMILES string of the molecule is Cc1cccc2c1oc1c(-c3ccc4oc5cccc(C)c5c4c3)cccc12. The monoisotopic (exact) mass is 362 g/mol. The molecule has 6 aromatic rings. The Balaban J connectivity index is 1.69. The lowest BCUT2D eigenvalue weighted by atomic mass is 9.99. The highest BCUT2D eigenvalue weighted by Crippen LogP contribution is 2.39. The fourth-order valence-corrected chi connectivity index (χ4v) is 4.36. The zero-order chi connectivity index (χ0) is 18.8. The van der Waals surface area contributed by atoms with Crippen molar-refractivity contribution in [2.75, 3.05) is 0 Å². The van der Waals surface area contributed by atoms with Gasteiger partial charge in [0.05, 0.1) is 0 Å². The average Bonchev–Trinajstić information content (AvgIpc) is 3.27. The predicted molar refractivity (Wildman–Crippen MR) is 116 cm³/mol. The summed E-state index contributed by atoms with van der Waals surface area (Å²) in [7, 11) is 0. The highest BCUT2D eigenvalue weighted by atomic mass is 16.3. The maximum absolute atomic E-state index is 6.35. The molecule has 134 valence electrons. The molecular formula is C26H18O2. The number of para-hydroxylation sites is 2. The minimum atomic E-state index is 0.917. The third kappa shape index (κ3) is 2.03. The van der Waals surface area contributed by atoms with E-state index in [1.54, 1.807) is 0 Å². The summed E-state index contributed by atoms with van der Waals surface area (Å²) in [5.74, 6) is 0. The fraction of sp³-hybridized carbons (Fsp3) is 0.0769. The molecular weight excluding hydrogens is 344 g/mol. The molecule has 0 amide bonds. The van der Waals surface area contributed by atoms with E-state index < -0.39 is 0 Å². The first-order valence-electron chi connectivity index (χ1n) is 9.54. The first-order valence-corrected chi connectivity index (χ1v) is 9.54. The third-order valence-corrected chi connectivity index (χ3v) is 5.74. The molecule has 2 heteroatoms. The van der Waals surface area contributed by atoms with E-state index in [0.29, 0.717) is 0 Å². The molecule has 2 heterocycles. The summed E-state index contributed by atoms with van der Waals surface area (Å²) in [4.78, 5) is 0. The van der Waals surface area contributed by atoms with Gasteiger partial charge in [-0.25, -0.2) is 0 Å². The number of rotatable bonds is 1. The van der Waals surface area contributed by atoms with Gasteiger partial charge in [-0.15, -0.1) is 0 Å². The molecule has 28 heavy (non-hydrogen) atoms. The Hall–Kier alpha value is -3.52. The first-order chi connectivity index (χ1) is 13.7. The van der Waals surface area contributed by atoms with Gasteiger partial charge in [0.2, 0.25) is 0 Å². The van der Waals surface area contributed by atoms with Crippen LogP contribution in [0.2, 0.25) is 0 Å². The lowest BCUT2D eigenvalue weighted by molar-refractivity contribution is 0.666. The predicted octanol–water partition coefficient (Wildman–Crippen LogP) is 7.77. The van der Waals surface area contributed by atoms with E-state index in [1.165, 1.54) is 16.3 Å². The van der Waals surface area contributed by atoms with Crippen molar-refractivity contribution in [1.82, 2.24) is 0 Å². The minimum absolute atomic E-state index is 0.917. The number of benzene rings is 4. The van der Waals surface area contributed by atoms with Gasteiger partial charge in [-0.1, -0.05) is 54.6 Å². The largest absolute Gasteiger partial charge is 0.456 e. The van der Waals surface area contributed by atoms with Crippen LogP contribution in [0.25, 0.3) is 55.0 Å². The molecule has 0 N–H and O–H groups in total. The second-order valence-corrected chi connectivity index (χ2v) is 7.50. The topological polar surface area (TPSA) is 26.3 Å². The smallest absolute Gasteiger partial charge is 0.143 e.